The first-order chi connectivity index (χ1) is 10.7. The van der Waals surface area contributed by atoms with Crippen molar-refractivity contribution in [3.05, 3.63) is 29.3 Å². The normalized spacial score (nSPS) is 18.7. The molecule has 23 heavy (non-hydrogen) atoms. The van der Waals surface area contributed by atoms with E-state index < -0.39 is 10.0 Å². The Balaban J connectivity index is 1.90. The summed E-state index contributed by atoms with van der Waals surface area (Å²) in [5.41, 5.74) is 2.17. The molecule has 1 aromatic rings. The van der Waals surface area contributed by atoms with Crippen LogP contribution in [0, 0.1) is 13.8 Å². The third kappa shape index (κ3) is 5.84. The van der Waals surface area contributed by atoms with Crippen molar-refractivity contribution in [2.24, 2.45) is 0 Å². The summed E-state index contributed by atoms with van der Waals surface area (Å²) in [5.74, 6) is 0.558. The molecule has 0 unspecified atom stereocenters. The molecule has 1 aliphatic rings. The number of ether oxygens (including phenoxy) is 1. The summed E-state index contributed by atoms with van der Waals surface area (Å²) in [6, 6.07) is 5.61. The quantitative estimate of drug-likeness (QED) is 0.874. The van der Waals surface area contributed by atoms with Gasteiger partial charge in [-0.05, 0) is 49.9 Å². The fraction of sp³-hybridized carbons (Fsp3) is 0.562. The van der Waals surface area contributed by atoms with Gasteiger partial charge in [-0.1, -0.05) is 6.07 Å². The second-order valence-corrected chi connectivity index (χ2v) is 7.96. The van der Waals surface area contributed by atoms with Crippen LogP contribution < -0.4 is 9.46 Å². The van der Waals surface area contributed by atoms with Crippen LogP contribution >= 0.6 is 0 Å². The third-order valence-electron chi connectivity index (χ3n) is 3.71. The molecule has 0 saturated carbocycles. The molecule has 6 nitrogen and oxygen atoms in total. The molecule has 1 N–H and O–H groups in total. The Kier molecular flexibility index (Phi) is 5.64. The standard InChI is InChI=1S/C16H24N2O4S/c1-12-7-13(2)9-15(8-12)22-11-16(19)18-6-4-5-14(10-18)17-23(3,20)21/h7-9,14,17H,4-6,10-11H2,1-3H3/t14-/m0/s1. The van der Waals surface area contributed by atoms with E-state index in [-0.39, 0.29) is 18.6 Å². The average Bonchev–Trinajstić information content (AvgIpc) is 2.42. The van der Waals surface area contributed by atoms with Gasteiger partial charge in [0.25, 0.3) is 5.91 Å². The topological polar surface area (TPSA) is 75.7 Å². The monoisotopic (exact) mass is 340 g/mol. The summed E-state index contributed by atoms with van der Waals surface area (Å²) in [4.78, 5) is 13.9. The Morgan fingerprint density at radius 2 is 1.96 bits per heavy atom. The molecule has 128 valence electrons. The van der Waals surface area contributed by atoms with Gasteiger partial charge < -0.3 is 9.64 Å². The molecule has 7 heteroatoms. The van der Waals surface area contributed by atoms with Gasteiger partial charge in [0.15, 0.2) is 6.61 Å². The molecule has 1 heterocycles. The lowest BCUT2D eigenvalue weighted by Gasteiger charge is -2.32. The highest BCUT2D eigenvalue weighted by molar-refractivity contribution is 7.88. The van der Waals surface area contributed by atoms with Crippen molar-refractivity contribution in [2.75, 3.05) is 26.0 Å². The molecule has 1 aliphatic heterocycles. The van der Waals surface area contributed by atoms with Gasteiger partial charge in [0.1, 0.15) is 5.75 Å². The molecular weight excluding hydrogens is 316 g/mol. The van der Waals surface area contributed by atoms with E-state index in [0.29, 0.717) is 18.8 Å². The number of hydrogen-bond donors (Lipinski definition) is 1. The molecule has 0 aromatic heterocycles. The van der Waals surface area contributed by atoms with Crippen molar-refractivity contribution < 1.29 is 17.9 Å². The van der Waals surface area contributed by atoms with E-state index in [1.807, 2.05) is 32.0 Å². The molecule has 0 spiro atoms. The lowest BCUT2D eigenvalue weighted by atomic mass is 10.1. The van der Waals surface area contributed by atoms with Crippen LogP contribution in [-0.2, 0) is 14.8 Å². The molecule has 1 amide bonds. The number of carbonyl (C=O) groups is 1. The molecule has 1 fully saturated rings. The van der Waals surface area contributed by atoms with E-state index >= 15 is 0 Å². The first-order valence-electron chi connectivity index (χ1n) is 7.69. The van der Waals surface area contributed by atoms with Crippen LogP contribution in [0.3, 0.4) is 0 Å². The number of rotatable bonds is 5. The molecule has 2 rings (SSSR count). The van der Waals surface area contributed by atoms with Crippen molar-refractivity contribution in [3.63, 3.8) is 0 Å². The number of likely N-dealkylation sites (tertiary alicyclic amines) is 1. The predicted molar refractivity (Wildman–Crippen MR) is 89.0 cm³/mol. The number of hydrogen-bond acceptors (Lipinski definition) is 4. The van der Waals surface area contributed by atoms with Crippen molar-refractivity contribution >= 4 is 15.9 Å². The van der Waals surface area contributed by atoms with Crippen molar-refractivity contribution in [3.8, 4) is 5.75 Å². The van der Waals surface area contributed by atoms with Crippen LogP contribution in [0.1, 0.15) is 24.0 Å². The summed E-state index contributed by atoms with van der Waals surface area (Å²) in [7, 11) is -3.26. The van der Waals surface area contributed by atoms with Crippen LogP contribution in [-0.4, -0.2) is 51.2 Å². The Bertz CT molecular complexity index is 652. The number of nitrogens with one attached hydrogen (secondary N) is 1. The van der Waals surface area contributed by atoms with Crippen molar-refractivity contribution in [1.82, 2.24) is 9.62 Å². The highest BCUT2D eigenvalue weighted by atomic mass is 32.2. The lowest BCUT2D eigenvalue weighted by Crippen LogP contribution is -2.50. The maximum absolute atomic E-state index is 12.3. The van der Waals surface area contributed by atoms with Gasteiger partial charge in [-0.15, -0.1) is 0 Å². The number of benzene rings is 1. The zero-order valence-electron chi connectivity index (χ0n) is 13.8. The maximum atomic E-state index is 12.3. The summed E-state index contributed by atoms with van der Waals surface area (Å²) in [6.07, 6.45) is 2.66. The van der Waals surface area contributed by atoms with Gasteiger partial charge in [0.05, 0.1) is 6.26 Å². The Morgan fingerprint density at radius 3 is 2.57 bits per heavy atom. The van der Waals surface area contributed by atoms with Gasteiger partial charge >= 0.3 is 0 Å². The summed E-state index contributed by atoms with van der Waals surface area (Å²) in [5, 5.41) is 0. The first kappa shape index (κ1) is 17.7. The molecule has 1 saturated heterocycles. The van der Waals surface area contributed by atoms with Gasteiger partial charge in [-0.2, -0.15) is 0 Å². The smallest absolute Gasteiger partial charge is 0.260 e. The molecular formula is C16H24N2O4S. The van der Waals surface area contributed by atoms with E-state index in [4.69, 9.17) is 4.74 Å². The zero-order valence-corrected chi connectivity index (χ0v) is 14.6. The second kappa shape index (κ2) is 7.31. The molecule has 0 radical (unpaired) electrons. The molecule has 1 atom stereocenters. The van der Waals surface area contributed by atoms with Gasteiger partial charge in [-0.3, -0.25) is 4.79 Å². The van der Waals surface area contributed by atoms with Crippen LogP contribution in [0.4, 0.5) is 0 Å². The molecule has 1 aromatic carbocycles. The van der Waals surface area contributed by atoms with E-state index in [2.05, 4.69) is 4.72 Å². The van der Waals surface area contributed by atoms with E-state index in [9.17, 15) is 13.2 Å². The fourth-order valence-corrected chi connectivity index (χ4v) is 3.65. The number of amides is 1. The van der Waals surface area contributed by atoms with E-state index in [1.165, 1.54) is 0 Å². The summed E-state index contributed by atoms with van der Waals surface area (Å²) in [6.45, 7) is 4.95. The van der Waals surface area contributed by atoms with Crippen LogP contribution in [0.15, 0.2) is 18.2 Å². The minimum atomic E-state index is -3.26. The van der Waals surface area contributed by atoms with Gasteiger partial charge in [0.2, 0.25) is 10.0 Å². The number of carbonyl (C=O) groups excluding carboxylic acids is 1. The summed E-state index contributed by atoms with van der Waals surface area (Å²) >= 11 is 0. The minimum Gasteiger partial charge on any atom is -0.484 e. The predicted octanol–water partition coefficient (Wildman–Crippen LogP) is 1.22. The zero-order chi connectivity index (χ0) is 17.0. The van der Waals surface area contributed by atoms with Crippen molar-refractivity contribution in [1.29, 1.82) is 0 Å². The second-order valence-electron chi connectivity index (χ2n) is 6.18. The number of sulfonamides is 1. The SMILES string of the molecule is Cc1cc(C)cc(OCC(=O)N2CCC[C@H](NS(C)(=O)=O)C2)c1. The van der Waals surface area contributed by atoms with E-state index in [1.54, 1.807) is 4.90 Å². The lowest BCUT2D eigenvalue weighted by molar-refractivity contribution is -0.134. The largest absolute Gasteiger partial charge is 0.484 e. The maximum Gasteiger partial charge on any atom is 0.260 e. The number of aryl methyl sites for hydroxylation is 2. The van der Waals surface area contributed by atoms with Crippen LogP contribution in [0.2, 0.25) is 0 Å². The first-order valence-corrected chi connectivity index (χ1v) is 9.58. The number of piperidine rings is 1. The minimum absolute atomic E-state index is 0.0332. The Labute approximate surface area is 137 Å². The van der Waals surface area contributed by atoms with Crippen molar-refractivity contribution in [2.45, 2.75) is 32.7 Å². The van der Waals surface area contributed by atoms with Gasteiger partial charge in [-0.25, -0.2) is 13.1 Å². The van der Waals surface area contributed by atoms with Crippen LogP contribution in [0.25, 0.3) is 0 Å². The highest BCUT2D eigenvalue weighted by Crippen LogP contribution is 2.17. The van der Waals surface area contributed by atoms with Gasteiger partial charge in [0, 0.05) is 19.1 Å². The van der Waals surface area contributed by atoms with Crippen LogP contribution in [0.5, 0.6) is 5.75 Å². The van der Waals surface area contributed by atoms with E-state index in [0.717, 1.165) is 30.2 Å². The fourth-order valence-electron chi connectivity index (χ4n) is 2.86. The Morgan fingerprint density at radius 1 is 1.30 bits per heavy atom. The molecule has 0 bridgehead atoms. The highest BCUT2D eigenvalue weighted by Gasteiger charge is 2.25. The Hall–Kier alpha value is -1.60. The average molecular weight is 340 g/mol. The summed E-state index contributed by atoms with van der Waals surface area (Å²) < 4.78 is 30.8. The third-order valence-corrected chi connectivity index (χ3v) is 4.47. The molecule has 0 aliphatic carbocycles. The number of nitrogens with zero attached hydrogens (tertiary/aromatic N) is 1.